The maximum Gasteiger partial charge on any atom is 0.0985 e. The predicted molar refractivity (Wildman–Crippen MR) is 75.8 cm³/mol. The van der Waals surface area contributed by atoms with Gasteiger partial charge in [-0.25, -0.2) is 0 Å². The Bertz CT molecular complexity index is 308. The summed E-state index contributed by atoms with van der Waals surface area (Å²) in [6, 6.07) is 11.0. The molecule has 88 valence electrons. The fourth-order valence-corrected chi connectivity index (χ4v) is 4.62. The van der Waals surface area contributed by atoms with Crippen LogP contribution in [0.15, 0.2) is 42.2 Å². The molecular formula is C14H23NSi. The van der Waals surface area contributed by atoms with Gasteiger partial charge < -0.3 is 5.32 Å². The molecule has 0 saturated heterocycles. The monoisotopic (exact) mass is 233 g/mol. The summed E-state index contributed by atoms with van der Waals surface area (Å²) in [6.45, 7) is 7.80. The van der Waals surface area contributed by atoms with Gasteiger partial charge in [0.15, 0.2) is 0 Å². The van der Waals surface area contributed by atoms with Crippen molar-refractivity contribution in [2.75, 3.05) is 6.54 Å². The van der Waals surface area contributed by atoms with Crippen molar-refractivity contribution in [3.8, 4) is 0 Å². The Labute approximate surface area is 101 Å². The third-order valence-electron chi connectivity index (χ3n) is 3.07. The number of hydrogen-bond acceptors (Lipinski definition) is 1. The fraction of sp³-hybridized carbons (Fsp3) is 0.429. The van der Waals surface area contributed by atoms with E-state index in [-0.39, 0.29) is 0 Å². The van der Waals surface area contributed by atoms with Gasteiger partial charge >= 0.3 is 0 Å². The van der Waals surface area contributed by atoms with Crippen LogP contribution in [0.2, 0.25) is 5.54 Å². The molecule has 1 aromatic rings. The van der Waals surface area contributed by atoms with Gasteiger partial charge in [0.05, 0.1) is 8.80 Å². The van der Waals surface area contributed by atoms with Crippen LogP contribution in [-0.4, -0.2) is 15.3 Å². The van der Waals surface area contributed by atoms with E-state index in [9.17, 15) is 0 Å². The minimum absolute atomic E-state index is 0.817. The second-order valence-electron chi connectivity index (χ2n) is 4.24. The Morgan fingerprint density at radius 3 is 2.50 bits per heavy atom. The smallest absolute Gasteiger partial charge is 0.0985 e. The van der Waals surface area contributed by atoms with Gasteiger partial charge in [0.1, 0.15) is 0 Å². The van der Waals surface area contributed by atoms with Crippen molar-refractivity contribution in [3.05, 3.63) is 42.2 Å². The average molecular weight is 233 g/mol. The Balaban J connectivity index is 2.79. The first kappa shape index (κ1) is 13.0. The van der Waals surface area contributed by atoms with Gasteiger partial charge in [0.2, 0.25) is 0 Å². The molecule has 0 aliphatic heterocycles. The molecule has 1 rings (SSSR count). The van der Waals surface area contributed by atoms with Gasteiger partial charge in [-0.2, -0.15) is 0 Å². The number of benzene rings is 1. The van der Waals surface area contributed by atoms with Crippen LogP contribution in [0.3, 0.4) is 0 Å². The van der Waals surface area contributed by atoms with Crippen molar-refractivity contribution < 1.29 is 0 Å². The molecule has 2 heteroatoms. The number of hydrogen-bond donors (Lipinski definition) is 1. The predicted octanol–water partition coefficient (Wildman–Crippen LogP) is 2.58. The molecule has 1 nitrogen and oxygen atoms in total. The first-order valence-electron chi connectivity index (χ1n) is 6.24. The van der Waals surface area contributed by atoms with E-state index < -0.39 is 8.80 Å². The average Bonchev–Trinajstić information content (AvgIpc) is 2.35. The van der Waals surface area contributed by atoms with Crippen molar-refractivity contribution >= 4 is 14.0 Å². The molecule has 16 heavy (non-hydrogen) atoms. The van der Waals surface area contributed by atoms with Crippen LogP contribution in [0.25, 0.3) is 0 Å². The second kappa shape index (κ2) is 7.28. The molecule has 0 amide bonds. The zero-order valence-electron chi connectivity index (χ0n) is 10.6. The normalized spacial score (nSPS) is 14.9. The molecule has 0 aromatic heterocycles. The van der Waals surface area contributed by atoms with Gasteiger partial charge in [-0.05, 0) is 18.7 Å². The van der Waals surface area contributed by atoms with E-state index in [2.05, 4.69) is 68.3 Å². The molecule has 0 bridgehead atoms. The molecule has 1 N–H and O–H groups in total. The summed E-state index contributed by atoms with van der Waals surface area (Å²) in [5.74, 6) is 0. The standard InChI is InChI=1S/C14H23NSi/c1-4-13(3)16(12-11-15-5-2)14-9-7-6-8-10-14/h6-13,15-16H,4-5H2,1-3H3. The lowest BCUT2D eigenvalue weighted by Crippen LogP contribution is -2.32. The first-order valence-corrected chi connectivity index (χ1v) is 8.15. The minimum atomic E-state index is -0.961. The maximum atomic E-state index is 3.28. The van der Waals surface area contributed by atoms with Gasteiger partial charge in [0.25, 0.3) is 0 Å². The molecule has 0 spiro atoms. The molecule has 2 unspecified atom stereocenters. The topological polar surface area (TPSA) is 12.0 Å². The zero-order valence-corrected chi connectivity index (χ0v) is 11.8. The highest BCUT2D eigenvalue weighted by molar-refractivity contribution is 6.78. The Morgan fingerprint density at radius 2 is 1.94 bits per heavy atom. The second-order valence-corrected chi connectivity index (χ2v) is 7.48. The van der Waals surface area contributed by atoms with Crippen LogP contribution in [0.1, 0.15) is 27.2 Å². The van der Waals surface area contributed by atoms with Gasteiger partial charge in [-0.3, -0.25) is 0 Å². The highest BCUT2D eigenvalue weighted by Crippen LogP contribution is 2.14. The molecule has 0 fully saturated rings. The summed E-state index contributed by atoms with van der Waals surface area (Å²) < 4.78 is 0. The quantitative estimate of drug-likeness (QED) is 0.745. The Morgan fingerprint density at radius 1 is 1.25 bits per heavy atom. The summed E-state index contributed by atoms with van der Waals surface area (Å²) in [4.78, 5) is 0. The summed E-state index contributed by atoms with van der Waals surface area (Å²) in [7, 11) is -0.961. The minimum Gasteiger partial charge on any atom is -0.392 e. The molecule has 0 heterocycles. The molecule has 0 aliphatic rings. The summed E-state index contributed by atoms with van der Waals surface area (Å²) in [5, 5.41) is 4.83. The van der Waals surface area contributed by atoms with Crippen LogP contribution in [0.4, 0.5) is 0 Å². The van der Waals surface area contributed by atoms with Crippen molar-refractivity contribution in [2.24, 2.45) is 0 Å². The third-order valence-corrected chi connectivity index (χ3v) is 6.53. The van der Waals surface area contributed by atoms with E-state index in [4.69, 9.17) is 0 Å². The lowest BCUT2D eigenvalue weighted by atomic mass is 10.4. The lowest BCUT2D eigenvalue weighted by molar-refractivity contribution is 0.864. The van der Waals surface area contributed by atoms with Gasteiger partial charge in [-0.15, -0.1) is 0 Å². The van der Waals surface area contributed by atoms with Crippen LogP contribution >= 0.6 is 0 Å². The van der Waals surface area contributed by atoms with Crippen molar-refractivity contribution in [1.29, 1.82) is 0 Å². The van der Waals surface area contributed by atoms with E-state index in [0.29, 0.717) is 0 Å². The first-order chi connectivity index (χ1) is 7.79. The van der Waals surface area contributed by atoms with E-state index >= 15 is 0 Å². The maximum absolute atomic E-state index is 3.28. The van der Waals surface area contributed by atoms with Crippen LogP contribution in [0, 0.1) is 0 Å². The van der Waals surface area contributed by atoms with Crippen molar-refractivity contribution in [3.63, 3.8) is 0 Å². The molecule has 2 atom stereocenters. The number of rotatable bonds is 6. The van der Waals surface area contributed by atoms with E-state index in [1.165, 1.54) is 6.42 Å². The summed E-state index contributed by atoms with van der Waals surface area (Å²) in [5.41, 5.74) is 3.24. The lowest BCUT2D eigenvalue weighted by Gasteiger charge is -2.18. The third kappa shape index (κ3) is 3.85. The molecular weight excluding hydrogens is 210 g/mol. The van der Waals surface area contributed by atoms with Gasteiger partial charge in [0, 0.05) is 6.54 Å². The molecule has 1 aromatic carbocycles. The van der Waals surface area contributed by atoms with Crippen molar-refractivity contribution in [2.45, 2.75) is 32.7 Å². The molecule has 0 saturated carbocycles. The van der Waals surface area contributed by atoms with Crippen molar-refractivity contribution in [1.82, 2.24) is 5.32 Å². The highest BCUT2D eigenvalue weighted by Gasteiger charge is 2.16. The van der Waals surface area contributed by atoms with E-state index in [0.717, 1.165) is 12.1 Å². The van der Waals surface area contributed by atoms with Crippen LogP contribution in [-0.2, 0) is 0 Å². The Hall–Kier alpha value is -1.02. The molecule has 0 radical (unpaired) electrons. The fourth-order valence-electron chi connectivity index (χ4n) is 1.85. The van der Waals surface area contributed by atoms with Crippen LogP contribution in [0.5, 0.6) is 0 Å². The van der Waals surface area contributed by atoms with E-state index in [1.54, 1.807) is 5.19 Å². The highest BCUT2D eigenvalue weighted by atomic mass is 28.3. The summed E-state index contributed by atoms with van der Waals surface area (Å²) >= 11 is 0. The van der Waals surface area contributed by atoms with E-state index in [1.807, 2.05) is 0 Å². The summed E-state index contributed by atoms with van der Waals surface area (Å²) in [6.07, 6.45) is 3.41. The number of nitrogens with one attached hydrogen (secondary N) is 1. The Kier molecular flexibility index (Phi) is 5.94. The SMILES string of the molecule is CCNC=C[SiH](c1ccccc1)C(C)CC. The van der Waals surface area contributed by atoms with Gasteiger partial charge in [-0.1, -0.05) is 61.5 Å². The zero-order chi connectivity index (χ0) is 11.8. The van der Waals surface area contributed by atoms with Crippen LogP contribution < -0.4 is 10.5 Å². The molecule has 0 aliphatic carbocycles. The largest absolute Gasteiger partial charge is 0.392 e.